The Morgan fingerprint density at radius 2 is 1.48 bits per heavy atom. The van der Waals surface area contributed by atoms with Gasteiger partial charge in [-0.2, -0.15) is 0 Å². The summed E-state index contributed by atoms with van der Waals surface area (Å²) in [6.07, 6.45) is -11.5. The molecule has 0 aromatic heterocycles. The van der Waals surface area contributed by atoms with Gasteiger partial charge in [-0.15, -0.1) is 0 Å². The van der Waals surface area contributed by atoms with Crippen LogP contribution in [0, 0.1) is 0 Å². The van der Waals surface area contributed by atoms with Crippen LogP contribution in [0.25, 0.3) is 10.4 Å². The Bertz CT molecular complexity index is 1700. The summed E-state index contributed by atoms with van der Waals surface area (Å²) in [7, 11) is 1.33. The summed E-state index contributed by atoms with van der Waals surface area (Å²) in [5.74, 6) is -3.97. The van der Waals surface area contributed by atoms with E-state index >= 15 is 0 Å². The van der Waals surface area contributed by atoms with Crippen LogP contribution in [-0.2, 0) is 57.0 Å². The largest absolute Gasteiger partial charge is 0.463 e. The summed E-state index contributed by atoms with van der Waals surface area (Å²) >= 11 is 0. The molecule has 0 saturated carbocycles. The van der Waals surface area contributed by atoms with Gasteiger partial charge in [0, 0.05) is 38.4 Å². The predicted octanol–water partition coefficient (Wildman–Crippen LogP) is 2.35. The minimum Gasteiger partial charge on any atom is -0.463 e. The smallest absolute Gasteiger partial charge is 0.303 e. The van der Waals surface area contributed by atoms with Gasteiger partial charge in [0.15, 0.2) is 31.1 Å². The number of imide groups is 1. The van der Waals surface area contributed by atoms with Crippen molar-refractivity contribution >= 4 is 29.7 Å². The second kappa shape index (κ2) is 15.7. The molecule has 18 heteroatoms. The number of fused-ring (bicyclic) bond motifs is 2. The van der Waals surface area contributed by atoms with Crippen molar-refractivity contribution in [3.63, 3.8) is 0 Å². The first-order valence-corrected chi connectivity index (χ1v) is 16.3. The molecule has 0 radical (unpaired) electrons. The first-order valence-electron chi connectivity index (χ1n) is 16.3. The van der Waals surface area contributed by atoms with Gasteiger partial charge in [0.2, 0.25) is 0 Å². The van der Waals surface area contributed by atoms with E-state index in [1.54, 1.807) is 36.4 Å². The molecule has 6 rings (SSSR count). The van der Waals surface area contributed by atoms with Crippen LogP contribution in [-0.4, -0.2) is 116 Å². The van der Waals surface area contributed by atoms with Crippen LogP contribution in [0.5, 0.6) is 0 Å². The molecule has 0 spiro atoms. The standard InChI is InChI=1S/C34H36N4O14/c1-16(39)45-14-22-27(47-17(2)40)29(48-18(3)41)25(38-30(42)20-12-8-9-13-21(20)31(38)43)34(50-22)52-28-24(36-37-35)33(44-4)49-23-15-46-32(51-26(23)28)19-10-6-5-7-11-19/h5-13,22-29,32-34H,14-15H2,1-4H3/t22-,23-,24-,25-,26+,27-,28-,29-,32+,33-,34+/m1/s1. The zero-order chi connectivity index (χ0) is 37.1. The highest BCUT2D eigenvalue weighted by Crippen LogP contribution is 2.41. The Hall–Kier alpha value is -4.94. The zero-order valence-electron chi connectivity index (χ0n) is 28.5. The van der Waals surface area contributed by atoms with Gasteiger partial charge < -0.3 is 42.6 Å². The molecule has 276 valence electrons. The zero-order valence-corrected chi connectivity index (χ0v) is 28.5. The van der Waals surface area contributed by atoms with Crippen LogP contribution < -0.4 is 0 Å². The van der Waals surface area contributed by atoms with Gasteiger partial charge in [0.1, 0.15) is 43.1 Å². The van der Waals surface area contributed by atoms with Crippen molar-refractivity contribution in [3.8, 4) is 0 Å². The lowest BCUT2D eigenvalue weighted by Crippen LogP contribution is -2.70. The molecule has 2 aromatic rings. The molecule has 4 aliphatic rings. The highest BCUT2D eigenvalue weighted by atomic mass is 16.8. The SMILES string of the molecule is CO[C@@H]1O[C@@H]2CO[C@H](c3ccccc3)O[C@@H]2[C@H](O[C@@H]2O[C@H](COC(C)=O)[C@@H](OC(C)=O)[C@H](OC(C)=O)[C@H]2N2C(=O)c3ccccc3C2=O)[C@H]1N=[N+]=[N-]. The maximum atomic E-state index is 14.0. The van der Waals surface area contributed by atoms with Crippen molar-refractivity contribution in [3.05, 3.63) is 81.7 Å². The molecule has 4 aliphatic heterocycles. The average Bonchev–Trinajstić information content (AvgIpc) is 3.37. The number of esters is 3. The van der Waals surface area contributed by atoms with E-state index in [0.29, 0.717) is 5.56 Å². The third-order valence-corrected chi connectivity index (χ3v) is 8.88. The topological polar surface area (TPSA) is 220 Å². The summed E-state index contributed by atoms with van der Waals surface area (Å²) in [6.45, 7) is 2.78. The number of ether oxygens (including phenoxy) is 9. The molecule has 0 aliphatic carbocycles. The monoisotopic (exact) mass is 724 g/mol. The minimum absolute atomic E-state index is 0.0139. The van der Waals surface area contributed by atoms with Crippen molar-refractivity contribution in [2.45, 2.75) is 88.3 Å². The van der Waals surface area contributed by atoms with E-state index in [-0.39, 0.29) is 17.7 Å². The number of hydrogen-bond donors (Lipinski definition) is 0. The van der Waals surface area contributed by atoms with E-state index in [0.717, 1.165) is 25.7 Å². The van der Waals surface area contributed by atoms with E-state index in [9.17, 15) is 29.5 Å². The van der Waals surface area contributed by atoms with Gasteiger partial charge in [-0.3, -0.25) is 28.9 Å². The maximum absolute atomic E-state index is 14.0. The fraction of sp³-hybridized carbons (Fsp3) is 0.500. The molecule has 0 unspecified atom stereocenters. The number of nitrogens with zero attached hydrogens (tertiary/aromatic N) is 4. The lowest BCUT2D eigenvalue weighted by atomic mass is 9.93. The molecule has 3 saturated heterocycles. The number of carbonyl (C=O) groups is 5. The van der Waals surface area contributed by atoms with Gasteiger partial charge in [-0.25, -0.2) is 0 Å². The fourth-order valence-corrected chi connectivity index (χ4v) is 6.77. The van der Waals surface area contributed by atoms with Crippen LogP contribution in [0.4, 0.5) is 0 Å². The molecule has 0 bridgehead atoms. The number of methoxy groups -OCH3 is 1. The first-order chi connectivity index (χ1) is 25.0. The molecular weight excluding hydrogens is 688 g/mol. The molecule has 3 fully saturated rings. The van der Waals surface area contributed by atoms with Crippen molar-refractivity contribution < 1.29 is 66.6 Å². The van der Waals surface area contributed by atoms with Crippen molar-refractivity contribution in [1.29, 1.82) is 0 Å². The Morgan fingerprint density at radius 3 is 2.08 bits per heavy atom. The van der Waals surface area contributed by atoms with Crippen LogP contribution in [0.2, 0.25) is 0 Å². The Labute approximate surface area is 296 Å². The maximum Gasteiger partial charge on any atom is 0.303 e. The van der Waals surface area contributed by atoms with Crippen molar-refractivity contribution in [2.75, 3.05) is 20.3 Å². The lowest BCUT2D eigenvalue weighted by molar-refractivity contribution is -0.369. The third kappa shape index (κ3) is 7.35. The summed E-state index contributed by atoms with van der Waals surface area (Å²) in [5, 5.41) is 3.91. The third-order valence-electron chi connectivity index (χ3n) is 8.88. The minimum atomic E-state index is -1.72. The lowest BCUT2D eigenvalue weighted by Gasteiger charge is -2.51. The Morgan fingerprint density at radius 1 is 0.846 bits per heavy atom. The van der Waals surface area contributed by atoms with E-state index < -0.39 is 104 Å². The number of benzene rings is 2. The van der Waals surface area contributed by atoms with Crippen LogP contribution >= 0.6 is 0 Å². The summed E-state index contributed by atoms with van der Waals surface area (Å²) < 4.78 is 53.5. The summed E-state index contributed by atoms with van der Waals surface area (Å²) in [4.78, 5) is 68.9. The van der Waals surface area contributed by atoms with E-state index in [1.807, 2.05) is 6.07 Å². The second-order valence-corrected chi connectivity index (χ2v) is 12.3. The molecule has 11 atom stereocenters. The average molecular weight is 725 g/mol. The number of amides is 2. The Kier molecular flexibility index (Phi) is 11.2. The van der Waals surface area contributed by atoms with Crippen molar-refractivity contribution in [2.24, 2.45) is 5.11 Å². The van der Waals surface area contributed by atoms with Crippen LogP contribution in [0.1, 0.15) is 53.3 Å². The molecular formula is C34H36N4O14. The molecule has 4 heterocycles. The van der Waals surface area contributed by atoms with E-state index in [1.165, 1.54) is 19.2 Å². The van der Waals surface area contributed by atoms with Gasteiger partial charge >= 0.3 is 17.9 Å². The molecule has 2 aromatic carbocycles. The molecule has 0 N–H and O–H groups in total. The number of rotatable bonds is 10. The molecule has 18 nitrogen and oxygen atoms in total. The van der Waals surface area contributed by atoms with E-state index in [4.69, 9.17) is 42.6 Å². The first kappa shape index (κ1) is 36.8. The summed E-state index contributed by atoms with van der Waals surface area (Å²) in [5.41, 5.74) is 10.4. The second-order valence-electron chi connectivity index (χ2n) is 12.3. The number of azide groups is 1. The predicted molar refractivity (Wildman–Crippen MR) is 171 cm³/mol. The van der Waals surface area contributed by atoms with Gasteiger partial charge in [0.05, 0.1) is 17.7 Å². The quantitative estimate of drug-likeness (QED) is 0.0858. The fourth-order valence-electron chi connectivity index (χ4n) is 6.77. The van der Waals surface area contributed by atoms with Crippen molar-refractivity contribution in [1.82, 2.24) is 4.90 Å². The highest BCUT2D eigenvalue weighted by Gasteiger charge is 2.60. The normalized spacial score (nSPS) is 32.5. The summed E-state index contributed by atoms with van der Waals surface area (Å²) in [6, 6.07) is 12.1. The van der Waals surface area contributed by atoms with Crippen LogP contribution in [0.3, 0.4) is 0 Å². The van der Waals surface area contributed by atoms with Gasteiger partial charge in [-0.05, 0) is 17.7 Å². The number of hydrogen-bond acceptors (Lipinski definition) is 15. The van der Waals surface area contributed by atoms with Gasteiger partial charge in [0.25, 0.3) is 11.8 Å². The number of carbonyl (C=O) groups excluding carboxylic acids is 5. The van der Waals surface area contributed by atoms with Crippen LogP contribution in [0.15, 0.2) is 59.7 Å². The van der Waals surface area contributed by atoms with Gasteiger partial charge in [-0.1, -0.05) is 47.6 Å². The molecule has 52 heavy (non-hydrogen) atoms. The van der Waals surface area contributed by atoms with E-state index in [2.05, 4.69) is 10.0 Å². The highest BCUT2D eigenvalue weighted by molar-refractivity contribution is 6.21. The molecule has 2 amide bonds. The Balaban J connectivity index is 1.46.